The van der Waals surface area contributed by atoms with Gasteiger partial charge in [0.2, 0.25) is 0 Å². The molecule has 1 atom stereocenters. The molecule has 4 heteroatoms. The van der Waals surface area contributed by atoms with E-state index < -0.39 is 0 Å². The summed E-state index contributed by atoms with van der Waals surface area (Å²) in [5.74, 6) is 0.842. The molecular weight excluding hydrogens is 386 g/mol. The summed E-state index contributed by atoms with van der Waals surface area (Å²) in [5.41, 5.74) is 3.19. The molecule has 0 aliphatic rings. The van der Waals surface area contributed by atoms with Crippen LogP contribution in [0.3, 0.4) is 0 Å². The molecule has 0 aliphatic carbocycles. The largest absolute Gasteiger partial charge is 0.350 e. The van der Waals surface area contributed by atoms with Gasteiger partial charge in [0, 0.05) is 27.3 Å². The Hall–Kier alpha value is -2.23. The number of carbonyl (C=O) groups excluding carboxylic acids is 1. The first-order chi connectivity index (χ1) is 13.6. The van der Waals surface area contributed by atoms with Gasteiger partial charge in [-0.25, -0.2) is 0 Å². The summed E-state index contributed by atoms with van der Waals surface area (Å²) in [4.78, 5) is 13.6. The second-order valence-electron chi connectivity index (χ2n) is 6.84. The molecule has 0 radical (unpaired) electrons. The van der Waals surface area contributed by atoms with Gasteiger partial charge in [-0.3, -0.25) is 4.79 Å². The lowest BCUT2D eigenvalue weighted by molar-refractivity contribution is 0.0938. The van der Waals surface area contributed by atoms with Crippen molar-refractivity contribution in [3.05, 3.63) is 101 Å². The van der Waals surface area contributed by atoms with Crippen LogP contribution in [0.4, 0.5) is 0 Å². The zero-order chi connectivity index (χ0) is 19.8. The van der Waals surface area contributed by atoms with E-state index in [1.54, 1.807) is 11.8 Å². The molecule has 0 aliphatic heterocycles. The normalized spacial score (nSPS) is 11.8. The van der Waals surface area contributed by atoms with Crippen LogP contribution in [0, 0.1) is 0 Å². The average Bonchev–Trinajstić information content (AvgIpc) is 2.73. The molecule has 0 fully saturated rings. The Labute approximate surface area is 176 Å². The number of hydrogen-bond donors (Lipinski definition) is 1. The van der Waals surface area contributed by atoms with E-state index in [1.165, 1.54) is 16.0 Å². The molecule has 0 saturated carbocycles. The van der Waals surface area contributed by atoms with Gasteiger partial charge in [-0.15, -0.1) is 11.8 Å². The highest BCUT2D eigenvalue weighted by atomic mass is 35.5. The van der Waals surface area contributed by atoms with E-state index in [9.17, 15) is 4.79 Å². The fourth-order valence-corrected chi connectivity index (χ4v) is 3.84. The van der Waals surface area contributed by atoms with Crippen LogP contribution in [0.2, 0.25) is 5.02 Å². The van der Waals surface area contributed by atoms with Gasteiger partial charge in [-0.2, -0.15) is 0 Å². The van der Waals surface area contributed by atoms with Gasteiger partial charge in [0.15, 0.2) is 0 Å². The summed E-state index contributed by atoms with van der Waals surface area (Å²) >= 11 is 7.67. The van der Waals surface area contributed by atoms with Crippen molar-refractivity contribution < 1.29 is 4.79 Å². The second kappa shape index (κ2) is 10.4. The first kappa shape index (κ1) is 20.5. The number of thioether (sulfide) groups is 1. The molecule has 0 saturated heterocycles. The maximum atomic E-state index is 12.5. The van der Waals surface area contributed by atoms with Gasteiger partial charge in [0.1, 0.15) is 0 Å². The lowest BCUT2D eigenvalue weighted by atomic mass is 10.1. The van der Waals surface area contributed by atoms with Crippen LogP contribution >= 0.6 is 23.4 Å². The molecular formula is C24H24ClNOS. The van der Waals surface area contributed by atoms with Crippen LogP contribution in [-0.2, 0) is 12.2 Å². The number of aryl methyl sites for hydroxylation is 1. The minimum Gasteiger partial charge on any atom is -0.350 e. The van der Waals surface area contributed by atoms with E-state index in [0.29, 0.717) is 5.56 Å². The third-order valence-electron chi connectivity index (χ3n) is 4.52. The van der Waals surface area contributed by atoms with Crippen molar-refractivity contribution in [3.63, 3.8) is 0 Å². The zero-order valence-corrected chi connectivity index (χ0v) is 17.5. The Morgan fingerprint density at radius 3 is 2.29 bits per heavy atom. The Kier molecular flexibility index (Phi) is 7.58. The molecule has 3 aromatic carbocycles. The number of carbonyl (C=O) groups is 1. The number of benzene rings is 3. The predicted molar refractivity (Wildman–Crippen MR) is 119 cm³/mol. The molecule has 3 rings (SSSR count). The van der Waals surface area contributed by atoms with Crippen molar-refractivity contribution in [2.45, 2.75) is 36.5 Å². The maximum absolute atomic E-state index is 12.5. The van der Waals surface area contributed by atoms with Crippen molar-refractivity contribution in [2.75, 3.05) is 0 Å². The summed E-state index contributed by atoms with van der Waals surface area (Å²) in [6, 6.07) is 26.2. The van der Waals surface area contributed by atoms with E-state index in [0.717, 1.165) is 23.6 Å². The van der Waals surface area contributed by atoms with Crippen molar-refractivity contribution in [3.8, 4) is 0 Å². The predicted octanol–water partition coefficient (Wildman–Crippen LogP) is 6.38. The van der Waals surface area contributed by atoms with E-state index >= 15 is 0 Å². The number of nitrogens with one attached hydrogen (secondary N) is 1. The minimum atomic E-state index is -0.0162. The first-order valence-corrected chi connectivity index (χ1v) is 10.8. The third-order valence-corrected chi connectivity index (χ3v) is 5.86. The lowest BCUT2D eigenvalue weighted by Gasteiger charge is -2.14. The summed E-state index contributed by atoms with van der Waals surface area (Å²) < 4.78 is 0. The molecule has 0 heterocycles. The molecule has 3 aromatic rings. The molecule has 1 N–H and O–H groups in total. The lowest BCUT2D eigenvalue weighted by Crippen LogP contribution is -2.32. The van der Waals surface area contributed by atoms with Gasteiger partial charge < -0.3 is 5.32 Å². The Balaban J connectivity index is 1.46. The summed E-state index contributed by atoms with van der Waals surface area (Å²) in [7, 11) is 0. The summed E-state index contributed by atoms with van der Waals surface area (Å²) in [5, 5.41) is 3.84. The van der Waals surface area contributed by atoms with Crippen molar-refractivity contribution >= 4 is 29.3 Å². The Morgan fingerprint density at radius 1 is 0.929 bits per heavy atom. The van der Waals surface area contributed by atoms with Crippen LogP contribution in [-0.4, -0.2) is 11.9 Å². The van der Waals surface area contributed by atoms with Gasteiger partial charge in [0.25, 0.3) is 5.91 Å². The molecule has 2 nitrogen and oxygen atoms in total. The SMILES string of the molecule is C[C@H](CCc1ccccc1)NC(=O)c1ccc(CSc2ccc(Cl)cc2)cc1. The van der Waals surface area contributed by atoms with Crippen LogP contribution < -0.4 is 5.32 Å². The quantitative estimate of drug-likeness (QED) is 0.437. The summed E-state index contributed by atoms with van der Waals surface area (Å²) in [6.45, 7) is 2.05. The van der Waals surface area contributed by atoms with Gasteiger partial charge >= 0.3 is 0 Å². The zero-order valence-electron chi connectivity index (χ0n) is 15.9. The number of rotatable bonds is 8. The fraction of sp³-hybridized carbons (Fsp3) is 0.208. The first-order valence-electron chi connectivity index (χ1n) is 9.42. The van der Waals surface area contributed by atoms with Gasteiger partial charge in [-0.05, 0) is 67.3 Å². The molecule has 0 spiro atoms. The topological polar surface area (TPSA) is 29.1 Å². The van der Waals surface area contributed by atoms with E-state index in [2.05, 4.69) is 24.4 Å². The highest BCUT2D eigenvalue weighted by Crippen LogP contribution is 2.24. The monoisotopic (exact) mass is 409 g/mol. The van der Waals surface area contributed by atoms with Gasteiger partial charge in [-0.1, -0.05) is 54.1 Å². The van der Waals surface area contributed by atoms with Crippen LogP contribution in [0.5, 0.6) is 0 Å². The standard InChI is InChI=1S/C24H24ClNOS/c1-18(7-8-19-5-3-2-4-6-19)26-24(27)21-11-9-20(10-12-21)17-28-23-15-13-22(25)14-16-23/h2-6,9-16,18H,7-8,17H2,1H3,(H,26,27)/t18-/m1/s1. The second-order valence-corrected chi connectivity index (χ2v) is 8.32. The Morgan fingerprint density at radius 2 is 1.61 bits per heavy atom. The highest BCUT2D eigenvalue weighted by molar-refractivity contribution is 7.98. The number of halogens is 1. The van der Waals surface area contributed by atoms with E-state index in [4.69, 9.17) is 11.6 Å². The van der Waals surface area contributed by atoms with Crippen LogP contribution in [0.25, 0.3) is 0 Å². The third kappa shape index (κ3) is 6.43. The minimum absolute atomic E-state index is 0.0162. The molecule has 28 heavy (non-hydrogen) atoms. The number of amides is 1. The number of hydrogen-bond acceptors (Lipinski definition) is 2. The fourth-order valence-electron chi connectivity index (χ4n) is 2.86. The molecule has 0 unspecified atom stereocenters. The van der Waals surface area contributed by atoms with E-state index in [1.807, 2.05) is 66.7 Å². The smallest absolute Gasteiger partial charge is 0.251 e. The van der Waals surface area contributed by atoms with Gasteiger partial charge in [0.05, 0.1) is 0 Å². The maximum Gasteiger partial charge on any atom is 0.251 e. The van der Waals surface area contributed by atoms with Crippen molar-refractivity contribution in [2.24, 2.45) is 0 Å². The average molecular weight is 410 g/mol. The Bertz CT molecular complexity index is 879. The van der Waals surface area contributed by atoms with Crippen LogP contribution in [0.1, 0.15) is 34.8 Å². The van der Waals surface area contributed by atoms with Crippen molar-refractivity contribution in [1.29, 1.82) is 0 Å². The molecule has 1 amide bonds. The highest BCUT2D eigenvalue weighted by Gasteiger charge is 2.10. The van der Waals surface area contributed by atoms with Crippen molar-refractivity contribution in [1.82, 2.24) is 5.32 Å². The van der Waals surface area contributed by atoms with E-state index in [-0.39, 0.29) is 11.9 Å². The molecule has 0 bridgehead atoms. The summed E-state index contributed by atoms with van der Waals surface area (Å²) in [6.07, 6.45) is 1.88. The molecule has 144 valence electrons. The van der Waals surface area contributed by atoms with Crippen LogP contribution in [0.15, 0.2) is 83.8 Å². The molecule has 0 aromatic heterocycles.